The van der Waals surface area contributed by atoms with Gasteiger partial charge in [0.2, 0.25) is 0 Å². The monoisotopic (exact) mass is 118 g/mol. The number of urea groups is 1. The normalized spacial score (nSPS) is 4.80. The third-order valence-electron chi connectivity index (χ3n) is 0. The van der Waals surface area contributed by atoms with E-state index in [9.17, 15) is 0 Å². The van der Waals surface area contributed by atoms with Gasteiger partial charge in [0.1, 0.15) is 0 Å². The summed E-state index contributed by atoms with van der Waals surface area (Å²) in [7, 11) is 0. The van der Waals surface area contributed by atoms with Crippen molar-refractivity contribution in [2.45, 2.75) is 0 Å². The molecule has 0 aliphatic carbocycles. The van der Waals surface area contributed by atoms with E-state index >= 15 is 0 Å². The van der Waals surface area contributed by atoms with Crippen LogP contribution >= 0.6 is 0 Å². The maximum absolute atomic E-state index is 9.00. The molecule has 0 spiro atoms. The van der Waals surface area contributed by atoms with Crippen molar-refractivity contribution in [2.75, 3.05) is 0 Å². The number of amides is 2. The fourth-order valence-corrected chi connectivity index (χ4v) is 0. The smallest absolute Gasteiger partial charge is 0.309 e. The molecule has 0 saturated heterocycles. The molecule has 3 nitrogen and oxygen atoms in total. The number of rotatable bonds is 0. The van der Waals surface area contributed by atoms with Crippen LogP contribution in [0.15, 0.2) is 0 Å². The van der Waals surface area contributed by atoms with E-state index in [2.05, 4.69) is 11.5 Å². The summed E-state index contributed by atoms with van der Waals surface area (Å²) in [5, 5.41) is 0. The molecule has 4 N–H and O–H groups in total. The fourth-order valence-electron chi connectivity index (χ4n) is 0. The minimum Gasteiger partial charge on any atom is -0.352 e. The SMILES string of the molecule is NC(N)=O.[Ni]. The molecular weight excluding hydrogens is 115 g/mol. The van der Waals surface area contributed by atoms with Gasteiger partial charge in [0.25, 0.3) is 0 Å². The first-order valence-corrected chi connectivity index (χ1v) is 0.781. The van der Waals surface area contributed by atoms with Gasteiger partial charge in [-0.1, -0.05) is 0 Å². The Kier molecular flexibility index (Phi) is 6.65. The third-order valence-corrected chi connectivity index (χ3v) is 0. The van der Waals surface area contributed by atoms with E-state index in [4.69, 9.17) is 4.79 Å². The second-order valence-electron chi connectivity index (χ2n) is 0.402. The van der Waals surface area contributed by atoms with E-state index in [1.165, 1.54) is 0 Å². The minimum absolute atomic E-state index is 0. The van der Waals surface area contributed by atoms with E-state index in [1.807, 2.05) is 0 Å². The van der Waals surface area contributed by atoms with Crippen molar-refractivity contribution in [3.8, 4) is 0 Å². The summed E-state index contributed by atoms with van der Waals surface area (Å²) in [6.07, 6.45) is 0. The molecule has 0 atom stereocenters. The molecule has 0 heterocycles. The first-order valence-electron chi connectivity index (χ1n) is 0.781. The maximum atomic E-state index is 9.00. The zero-order valence-electron chi connectivity index (χ0n) is 2.38. The number of hydrogen-bond donors (Lipinski definition) is 2. The molecule has 0 aromatic rings. The number of carbonyl (C=O) groups excluding carboxylic acids is 1. The minimum atomic E-state index is -0.833. The van der Waals surface area contributed by atoms with Gasteiger partial charge >= 0.3 is 6.03 Å². The molecule has 0 aromatic heterocycles. The van der Waals surface area contributed by atoms with Crippen molar-refractivity contribution in [3.05, 3.63) is 0 Å². The van der Waals surface area contributed by atoms with E-state index in [0.29, 0.717) is 0 Å². The van der Waals surface area contributed by atoms with Gasteiger partial charge in [-0.25, -0.2) is 4.79 Å². The van der Waals surface area contributed by atoms with E-state index in [-0.39, 0.29) is 16.5 Å². The summed E-state index contributed by atoms with van der Waals surface area (Å²) in [5.41, 5.74) is 8.50. The zero-order chi connectivity index (χ0) is 3.58. The van der Waals surface area contributed by atoms with Crippen molar-refractivity contribution in [1.29, 1.82) is 0 Å². The first-order chi connectivity index (χ1) is 1.73. The summed E-state index contributed by atoms with van der Waals surface area (Å²) in [5.74, 6) is 0. The Morgan fingerprint density at radius 1 is 1.40 bits per heavy atom. The predicted molar refractivity (Wildman–Crippen MR) is 13.8 cm³/mol. The van der Waals surface area contributed by atoms with Crippen LogP contribution in [0.5, 0.6) is 0 Å². The van der Waals surface area contributed by atoms with Crippen molar-refractivity contribution in [1.82, 2.24) is 0 Å². The van der Waals surface area contributed by atoms with Gasteiger partial charge in [0.15, 0.2) is 0 Å². The number of carbonyl (C=O) groups is 1. The molecule has 2 amide bonds. The second kappa shape index (κ2) is 3.76. The average molecular weight is 119 g/mol. The van der Waals surface area contributed by atoms with Crippen molar-refractivity contribution >= 4 is 6.03 Å². The van der Waals surface area contributed by atoms with Crippen LogP contribution in [0.4, 0.5) is 4.79 Å². The topological polar surface area (TPSA) is 69.1 Å². The Hall–Kier alpha value is -0.236. The van der Waals surface area contributed by atoms with Crippen LogP contribution in [0.2, 0.25) is 0 Å². The van der Waals surface area contributed by atoms with Gasteiger partial charge in [-0.3, -0.25) is 0 Å². The summed E-state index contributed by atoms with van der Waals surface area (Å²) in [6, 6.07) is -0.833. The molecule has 34 valence electrons. The number of hydrogen-bond acceptors (Lipinski definition) is 1. The number of nitrogens with two attached hydrogens (primary N) is 2. The first kappa shape index (κ1) is 8.83. The average Bonchev–Trinajstić information content (AvgIpc) is 0.811. The van der Waals surface area contributed by atoms with Crippen LogP contribution in [0, 0.1) is 0 Å². The Morgan fingerprint density at radius 2 is 1.40 bits per heavy atom. The summed E-state index contributed by atoms with van der Waals surface area (Å²) in [6.45, 7) is 0. The summed E-state index contributed by atoms with van der Waals surface area (Å²) >= 11 is 0. The predicted octanol–water partition coefficient (Wildman–Crippen LogP) is -0.979. The molecule has 0 radical (unpaired) electrons. The Bertz CT molecular complexity index is 32.6. The molecule has 0 aromatic carbocycles. The molecule has 0 fully saturated rings. The molecular formula is CH4N2NiO. The molecule has 4 heteroatoms. The van der Waals surface area contributed by atoms with Gasteiger partial charge in [0, 0.05) is 16.5 Å². The van der Waals surface area contributed by atoms with E-state index in [1.54, 1.807) is 0 Å². The van der Waals surface area contributed by atoms with Crippen molar-refractivity contribution in [2.24, 2.45) is 11.5 Å². The largest absolute Gasteiger partial charge is 0.352 e. The standard InChI is InChI=1S/CH4N2O.Ni/c2-1(3)4;/h(H4,2,3,4);. The summed E-state index contributed by atoms with van der Waals surface area (Å²) < 4.78 is 0. The van der Waals surface area contributed by atoms with Crippen LogP contribution < -0.4 is 11.5 Å². The molecule has 0 saturated carbocycles. The van der Waals surface area contributed by atoms with Gasteiger partial charge < -0.3 is 11.5 Å². The number of primary amides is 2. The Balaban J connectivity index is 0. The fraction of sp³-hybridized carbons (Fsp3) is 0. The Labute approximate surface area is 39.6 Å². The van der Waals surface area contributed by atoms with Gasteiger partial charge in [0.05, 0.1) is 0 Å². The van der Waals surface area contributed by atoms with Gasteiger partial charge in [-0.15, -0.1) is 0 Å². The second-order valence-corrected chi connectivity index (χ2v) is 0.402. The molecule has 0 unspecified atom stereocenters. The van der Waals surface area contributed by atoms with Crippen LogP contribution in [0.3, 0.4) is 0 Å². The van der Waals surface area contributed by atoms with Crippen molar-refractivity contribution in [3.63, 3.8) is 0 Å². The third kappa shape index (κ3) is 209. The quantitative estimate of drug-likeness (QED) is 0.395. The van der Waals surface area contributed by atoms with Crippen LogP contribution in [-0.4, -0.2) is 6.03 Å². The molecule has 5 heavy (non-hydrogen) atoms. The van der Waals surface area contributed by atoms with Crippen LogP contribution in [0.25, 0.3) is 0 Å². The van der Waals surface area contributed by atoms with Gasteiger partial charge in [-0.05, 0) is 0 Å². The molecule has 0 aliphatic rings. The summed E-state index contributed by atoms with van der Waals surface area (Å²) in [4.78, 5) is 9.00. The molecule has 0 bridgehead atoms. The van der Waals surface area contributed by atoms with E-state index < -0.39 is 6.03 Å². The van der Waals surface area contributed by atoms with Crippen LogP contribution in [0.1, 0.15) is 0 Å². The van der Waals surface area contributed by atoms with Crippen molar-refractivity contribution < 1.29 is 21.3 Å². The Morgan fingerprint density at radius 3 is 1.40 bits per heavy atom. The molecule has 0 aliphatic heterocycles. The van der Waals surface area contributed by atoms with Crippen LogP contribution in [-0.2, 0) is 16.5 Å². The maximum Gasteiger partial charge on any atom is 0.309 e. The zero-order valence-corrected chi connectivity index (χ0v) is 3.37. The molecule has 0 rings (SSSR count). The van der Waals surface area contributed by atoms with E-state index in [0.717, 1.165) is 0 Å². The van der Waals surface area contributed by atoms with Gasteiger partial charge in [-0.2, -0.15) is 0 Å².